The predicted molar refractivity (Wildman–Crippen MR) is 107 cm³/mol. The molecule has 1 aromatic heterocycles. The van der Waals surface area contributed by atoms with Gasteiger partial charge in [-0.1, -0.05) is 6.07 Å². The molecule has 1 N–H and O–H groups in total. The minimum absolute atomic E-state index is 0.0713. The fourth-order valence-corrected chi connectivity index (χ4v) is 4.74. The number of aromatic nitrogens is 1. The van der Waals surface area contributed by atoms with E-state index < -0.39 is 0 Å². The maximum absolute atomic E-state index is 13.7. The number of nitrogens with zero attached hydrogens (tertiary/aromatic N) is 2. The fraction of sp³-hybridized carbons (Fsp3) is 0.500. The van der Waals surface area contributed by atoms with Gasteiger partial charge in [0, 0.05) is 29.7 Å². The number of fused-ring (bicyclic) bond motifs is 3. The topological polar surface area (TPSA) is 37.4 Å². The van der Waals surface area contributed by atoms with E-state index in [1.165, 1.54) is 6.07 Å². The van der Waals surface area contributed by atoms with Crippen LogP contribution in [-0.2, 0) is 6.61 Å². The first-order chi connectivity index (χ1) is 12.6. The van der Waals surface area contributed by atoms with Gasteiger partial charge in [0.05, 0.1) is 0 Å². The number of hydrogen-bond acceptors (Lipinski definition) is 4. The van der Waals surface area contributed by atoms with Crippen molar-refractivity contribution >= 4 is 5.82 Å². The number of halogens is 1. The van der Waals surface area contributed by atoms with Crippen molar-refractivity contribution < 1.29 is 9.13 Å². The maximum atomic E-state index is 13.7. The summed E-state index contributed by atoms with van der Waals surface area (Å²) in [5.74, 6) is 1.25. The van der Waals surface area contributed by atoms with Gasteiger partial charge in [-0.2, -0.15) is 4.98 Å². The van der Waals surface area contributed by atoms with Crippen molar-refractivity contribution in [3.63, 3.8) is 0 Å². The number of nitrogens with one attached hydrogen (secondary N) is 1. The number of benzene rings is 1. The molecule has 144 valence electrons. The fourth-order valence-electron chi connectivity index (χ4n) is 4.74. The molecule has 0 bridgehead atoms. The molecule has 27 heavy (non-hydrogen) atoms. The molecule has 5 heteroatoms. The Morgan fingerprint density at radius 3 is 2.48 bits per heavy atom. The largest absolute Gasteiger partial charge is 0.472 e. The molecule has 1 aromatic carbocycles. The third-order valence-electron chi connectivity index (χ3n) is 5.65. The van der Waals surface area contributed by atoms with E-state index in [1.54, 1.807) is 12.1 Å². The van der Waals surface area contributed by atoms with Crippen molar-refractivity contribution in [2.75, 3.05) is 11.9 Å². The Hall–Kier alpha value is -2.14. The van der Waals surface area contributed by atoms with Gasteiger partial charge in [-0.05, 0) is 75.9 Å². The van der Waals surface area contributed by atoms with Crippen molar-refractivity contribution in [1.29, 1.82) is 0 Å². The quantitative estimate of drug-likeness (QED) is 0.844. The molecular weight excluding hydrogens is 341 g/mol. The maximum Gasteiger partial charge on any atom is 0.223 e. The summed E-state index contributed by atoms with van der Waals surface area (Å²) in [4.78, 5) is 7.03. The van der Waals surface area contributed by atoms with Crippen LogP contribution in [0.1, 0.15) is 46.1 Å². The Bertz CT molecular complexity index is 862. The standard InChI is InChI=1S/C22H28FN3O/c1-21(2)11-16(12-22(3,4)25-21)26(5)19-9-8-17-18-10-15(23)7-6-14(18)13-27-20(17)24-19/h6-10,16,25H,11-13H2,1-5H3. The summed E-state index contributed by atoms with van der Waals surface area (Å²) >= 11 is 0. The van der Waals surface area contributed by atoms with Crippen molar-refractivity contribution in [2.24, 2.45) is 0 Å². The summed E-state index contributed by atoms with van der Waals surface area (Å²) in [6.07, 6.45) is 2.08. The average molecular weight is 369 g/mol. The molecule has 0 spiro atoms. The molecule has 4 rings (SSSR count). The van der Waals surface area contributed by atoms with Gasteiger partial charge in [0.15, 0.2) is 0 Å². The first-order valence-electron chi connectivity index (χ1n) is 9.58. The molecule has 1 fully saturated rings. The van der Waals surface area contributed by atoms with E-state index in [4.69, 9.17) is 9.72 Å². The summed E-state index contributed by atoms with van der Waals surface area (Å²) in [6, 6.07) is 9.23. The zero-order valence-corrected chi connectivity index (χ0v) is 16.8. The van der Waals surface area contributed by atoms with Crippen LogP contribution in [0.5, 0.6) is 5.88 Å². The molecule has 1 saturated heterocycles. The van der Waals surface area contributed by atoms with Gasteiger partial charge in [0.25, 0.3) is 0 Å². The molecule has 0 atom stereocenters. The monoisotopic (exact) mass is 369 g/mol. The van der Waals surface area contributed by atoms with Gasteiger partial charge >= 0.3 is 0 Å². The lowest BCUT2D eigenvalue weighted by Gasteiger charge is -2.49. The molecule has 4 nitrogen and oxygen atoms in total. The van der Waals surface area contributed by atoms with Gasteiger partial charge in [0.1, 0.15) is 18.2 Å². The van der Waals surface area contributed by atoms with Crippen LogP contribution < -0.4 is 15.0 Å². The van der Waals surface area contributed by atoms with E-state index in [1.807, 2.05) is 12.1 Å². The van der Waals surface area contributed by atoms with Crippen molar-refractivity contribution in [2.45, 2.75) is 64.3 Å². The second-order valence-electron chi connectivity index (χ2n) is 9.18. The van der Waals surface area contributed by atoms with Crippen LogP contribution in [0.2, 0.25) is 0 Å². The Labute approximate surface area is 160 Å². The van der Waals surface area contributed by atoms with Crippen molar-refractivity contribution in [3.8, 4) is 17.0 Å². The molecule has 2 aliphatic heterocycles. The minimum Gasteiger partial charge on any atom is -0.472 e. The normalized spacial score (nSPS) is 20.4. The molecule has 2 aliphatic rings. The lowest BCUT2D eigenvalue weighted by atomic mass is 9.79. The molecule has 3 heterocycles. The number of rotatable bonds is 2. The second-order valence-corrected chi connectivity index (χ2v) is 9.18. The highest BCUT2D eigenvalue weighted by atomic mass is 19.1. The molecular formula is C22H28FN3O. The van der Waals surface area contributed by atoms with E-state index in [0.29, 0.717) is 18.5 Å². The first-order valence-corrected chi connectivity index (χ1v) is 9.58. The van der Waals surface area contributed by atoms with Crippen LogP contribution in [-0.4, -0.2) is 29.2 Å². The van der Waals surface area contributed by atoms with E-state index in [2.05, 4.69) is 45.0 Å². The highest BCUT2D eigenvalue weighted by Gasteiger charge is 2.39. The van der Waals surface area contributed by atoms with Crippen LogP contribution >= 0.6 is 0 Å². The summed E-state index contributed by atoms with van der Waals surface area (Å²) in [7, 11) is 2.10. The van der Waals surface area contributed by atoms with Crippen LogP contribution in [0.15, 0.2) is 30.3 Å². The Morgan fingerprint density at radius 2 is 1.78 bits per heavy atom. The van der Waals surface area contributed by atoms with Crippen LogP contribution in [0.3, 0.4) is 0 Å². The summed E-state index contributed by atoms with van der Waals surface area (Å²) < 4.78 is 19.6. The van der Waals surface area contributed by atoms with Crippen LogP contribution in [0.25, 0.3) is 11.1 Å². The van der Waals surface area contributed by atoms with Gasteiger partial charge in [-0.3, -0.25) is 0 Å². The number of anilines is 1. The van der Waals surface area contributed by atoms with Crippen LogP contribution in [0, 0.1) is 5.82 Å². The number of ether oxygens (including phenoxy) is 1. The van der Waals surface area contributed by atoms with Gasteiger partial charge in [0.2, 0.25) is 5.88 Å². The number of piperidine rings is 1. The minimum atomic E-state index is -0.234. The second kappa shape index (κ2) is 6.20. The van der Waals surface area contributed by atoms with Crippen molar-refractivity contribution in [1.82, 2.24) is 10.3 Å². The highest BCUT2D eigenvalue weighted by molar-refractivity contribution is 5.74. The molecule has 0 aliphatic carbocycles. The van der Waals surface area contributed by atoms with Crippen molar-refractivity contribution in [3.05, 3.63) is 41.7 Å². The molecule has 0 amide bonds. The molecule has 0 radical (unpaired) electrons. The van der Waals surface area contributed by atoms with Gasteiger partial charge < -0.3 is 15.0 Å². The summed E-state index contributed by atoms with van der Waals surface area (Å²) in [5, 5.41) is 3.73. The first kappa shape index (κ1) is 18.2. The van der Waals surface area contributed by atoms with Crippen LogP contribution in [0.4, 0.5) is 10.2 Å². The van der Waals surface area contributed by atoms with Gasteiger partial charge in [-0.25, -0.2) is 4.39 Å². The van der Waals surface area contributed by atoms with E-state index >= 15 is 0 Å². The molecule has 2 aromatic rings. The molecule has 0 unspecified atom stereocenters. The van der Waals surface area contributed by atoms with E-state index in [-0.39, 0.29) is 16.9 Å². The third-order valence-corrected chi connectivity index (χ3v) is 5.65. The Kier molecular flexibility index (Phi) is 4.18. The van der Waals surface area contributed by atoms with Gasteiger partial charge in [-0.15, -0.1) is 0 Å². The summed E-state index contributed by atoms with van der Waals surface area (Å²) in [6.45, 7) is 9.44. The highest BCUT2D eigenvalue weighted by Crippen LogP contribution is 2.39. The Morgan fingerprint density at radius 1 is 1.07 bits per heavy atom. The molecule has 0 saturated carbocycles. The smallest absolute Gasteiger partial charge is 0.223 e. The lowest BCUT2D eigenvalue weighted by molar-refractivity contribution is 0.160. The lowest BCUT2D eigenvalue weighted by Crippen LogP contribution is -2.62. The average Bonchev–Trinajstić information content (AvgIpc) is 2.57. The summed E-state index contributed by atoms with van der Waals surface area (Å²) in [5.41, 5.74) is 2.87. The Balaban J connectivity index is 1.64. The SMILES string of the molecule is CN(c1ccc2c(n1)OCc1ccc(F)cc1-2)C1CC(C)(C)NC(C)(C)C1. The van der Waals surface area contributed by atoms with E-state index in [0.717, 1.165) is 35.3 Å². The number of hydrogen-bond donors (Lipinski definition) is 1. The van der Waals surface area contributed by atoms with E-state index in [9.17, 15) is 4.39 Å². The predicted octanol–water partition coefficient (Wildman–Crippen LogP) is 4.53. The third kappa shape index (κ3) is 3.53. The zero-order chi connectivity index (χ0) is 19.4. The zero-order valence-electron chi connectivity index (χ0n) is 16.8. The number of pyridine rings is 1.